The minimum Gasteiger partial charge on any atom is -0.396 e. The summed E-state index contributed by atoms with van der Waals surface area (Å²) in [4.78, 5) is 25.6. The molecule has 0 spiro atoms. The highest BCUT2D eigenvalue weighted by atomic mass is 16.3. The van der Waals surface area contributed by atoms with Gasteiger partial charge in [-0.25, -0.2) is 0 Å². The molecule has 2 rings (SSSR count). The fraction of sp³-hybridized carbons (Fsp3) is 0.833. The maximum Gasteiger partial charge on any atom is 0.242 e. The Bertz CT molecular complexity index is 302. The molecule has 96 valence electrons. The molecule has 2 aliphatic rings. The van der Waals surface area contributed by atoms with Gasteiger partial charge in [-0.1, -0.05) is 0 Å². The number of amides is 2. The van der Waals surface area contributed by atoms with Crippen molar-refractivity contribution >= 4 is 11.8 Å². The summed E-state index contributed by atoms with van der Waals surface area (Å²) in [5.41, 5.74) is 0. The van der Waals surface area contributed by atoms with Gasteiger partial charge in [0.25, 0.3) is 0 Å². The molecule has 2 N–H and O–H groups in total. The lowest BCUT2D eigenvalue weighted by Crippen LogP contribution is -2.46. The predicted octanol–water partition coefficient (Wildman–Crippen LogP) is -0.114. The van der Waals surface area contributed by atoms with Crippen LogP contribution in [0.15, 0.2) is 0 Å². The van der Waals surface area contributed by atoms with E-state index in [-0.39, 0.29) is 30.4 Å². The average Bonchev–Trinajstić information content (AvgIpc) is 3.05. The van der Waals surface area contributed by atoms with Crippen molar-refractivity contribution in [3.63, 3.8) is 0 Å². The topological polar surface area (TPSA) is 69.6 Å². The molecule has 1 aliphatic heterocycles. The fourth-order valence-corrected chi connectivity index (χ4v) is 2.28. The van der Waals surface area contributed by atoms with Crippen molar-refractivity contribution in [2.24, 2.45) is 5.92 Å². The molecule has 0 aromatic heterocycles. The fourth-order valence-electron chi connectivity index (χ4n) is 2.28. The Morgan fingerprint density at radius 2 is 2.06 bits per heavy atom. The summed E-state index contributed by atoms with van der Waals surface area (Å²) < 4.78 is 0. The third-order valence-electron chi connectivity index (χ3n) is 3.40. The summed E-state index contributed by atoms with van der Waals surface area (Å²) in [6.07, 6.45) is 4.21. The molecular weight excluding hydrogens is 220 g/mol. The van der Waals surface area contributed by atoms with E-state index in [0.29, 0.717) is 19.5 Å². The first kappa shape index (κ1) is 12.4. The van der Waals surface area contributed by atoms with Gasteiger partial charge < -0.3 is 15.3 Å². The molecule has 2 fully saturated rings. The Labute approximate surface area is 101 Å². The second-order valence-corrected chi connectivity index (χ2v) is 4.83. The van der Waals surface area contributed by atoms with Crippen molar-refractivity contribution in [1.82, 2.24) is 10.2 Å². The van der Waals surface area contributed by atoms with Crippen LogP contribution in [-0.2, 0) is 9.59 Å². The van der Waals surface area contributed by atoms with Gasteiger partial charge in [-0.15, -0.1) is 0 Å². The molecule has 1 saturated heterocycles. The number of carbonyl (C=O) groups excluding carboxylic acids is 2. The standard InChI is InChI=1S/C12H20N2O3/c15-8-2-6-13-11(16)10-3-1-7-14(10)12(17)9-4-5-9/h9-10,15H,1-8H2,(H,13,16). The molecular formula is C12H20N2O3. The normalized spacial score (nSPS) is 23.8. The molecule has 0 radical (unpaired) electrons. The first-order valence-electron chi connectivity index (χ1n) is 6.43. The summed E-state index contributed by atoms with van der Waals surface area (Å²) in [5, 5.41) is 11.4. The van der Waals surface area contributed by atoms with Crippen LogP contribution in [0.5, 0.6) is 0 Å². The molecule has 0 aromatic rings. The van der Waals surface area contributed by atoms with Crippen molar-refractivity contribution in [2.75, 3.05) is 19.7 Å². The van der Waals surface area contributed by atoms with E-state index in [0.717, 1.165) is 25.7 Å². The largest absolute Gasteiger partial charge is 0.396 e. The van der Waals surface area contributed by atoms with Crippen molar-refractivity contribution in [1.29, 1.82) is 0 Å². The number of rotatable bonds is 5. The van der Waals surface area contributed by atoms with E-state index in [1.807, 2.05) is 0 Å². The molecule has 2 amide bonds. The number of hydrogen-bond acceptors (Lipinski definition) is 3. The quantitative estimate of drug-likeness (QED) is 0.659. The number of carbonyl (C=O) groups is 2. The Hall–Kier alpha value is -1.10. The van der Waals surface area contributed by atoms with Crippen LogP contribution in [-0.4, -0.2) is 47.6 Å². The van der Waals surface area contributed by atoms with Crippen molar-refractivity contribution in [3.8, 4) is 0 Å². The lowest BCUT2D eigenvalue weighted by atomic mass is 10.2. The zero-order valence-corrected chi connectivity index (χ0v) is 10.0. The molecule has 1 atom stereocenters. The van der Waals surface area contributed by atoms with Crippen LogP contribution in [0.1, 0.15) is 32.1 Å². The van der Waals surface area contributed by atoms with Crippen LogP contribution in [0.2, 0.25) is 0 Å². The first-order valence-corrected chi connectivity index (χ1v) is 6.43. The van der Waals surface area contributed by atoms with Crippen LogP contribution in [0.25, 0.3) is 0 Å². The summed E-state index contributed by atoms with van der Waals surface area (Å²) in [6.45, 7) is 1.28. The average molecular weight is 240 g/mol. The van der Waals surface area contributed by atoms with Gasteiger partial charge in [-0.05, 0) is 32.1 Å². The minimum atomic E-state index is -0.276. The summed E-state index contributed by atoms with van der Waals surface area (Å²) in [7, 11) is 0. The number of aliphatic hydroxyl groups is 1. The number of hydrogen-bond donors (Lipinski definition) is 2. The molecule has 1 aliphatic carbocycles. The van der Waals surface area contributed by atoms with E-state index < -0.39 is 0 Å². The Morgan fingerprint density at radius 3 is 2.71 bits per heavy atom. The van der Waals surface area contributed by atoms with Gasteiger partial charge in [-0.3, -0.25) is 9.59 Å². The van der Waals surface area contributed by atoms with Crippen molar-refractivity contribution < 1.29 is 14.7 Å². The molecule has 0 aromatic carbocycles. The molecule has 1 heterocycles. The Balaban J connectivity index is 1.85. The molecule has 1 unspecified atom stereocenters. The second kappa shape index (κ2) is 5.49. The number of likely N-dealkylation sites (tertiary alicyclic amines) is 1. The van der Waals surface area contributed by atoms with E-state index in [1.54, 1.807) is 4.90 Å². The SMILES string of the molecule is O=C(NCCCO)C1CCCN1C(=O)C1CC1. The third-order valence-corrected chi connectivity index (χ3v) is 3.40. The lowest BCUT2D eigenvalue weighted by molar-refractivity contribution is -0.139. The van der Waals surface area contributed by atoms with Gasteiger partial charge in [-0.2, -0.15) is 0 Å². The van der Waals surface area contributed by atoms with Gasteiger partial charge in [0.1, 0.15) is 6.04 Å². The van der Waals surface area contributed by atoms with Gasteiger partial charge >= 0.3 is 0 Å². The van der Waals surface area contributed by atoms with Crippen molar-refractivity contribution in [3.05, 3.63) is 0 Å². The second-order valence-electron chi connectivity index (χ2n) is 4.83. The zero-order valence-electron chi connectivity index (χ0n) is 10.0. The zero-order chi connectivity index (χ0) is 12.3. The summed E-state index contributed by atoms with van der Waals surface area (Å²) >= 11 is 0. The van der Waals surface area contributed by atoms with Gasteiger partial charge in [0.05, 0.1) is 0 Å². The maximum absolute atomic E-state index is 12.0. The van der Waals surface area contributed by atoms with E-state index in [2.05, 4.69) is 5.32 Å². The highest BCUT2D eigenvalue weighted by molar-refractivity contribution is 5.89. The van der Waals surface area contributed by atoms with Gasteiger partial charge in [0, 0.05) is 25.6 Å². The Kier molecular flexibility index (Phi) is 3.99. The lowest BCUT2D eigenvalue weighted by Gasteiger charge is -2.23. The van der Waals surface area contributed by atoms with E-state index >= 15 is 0 Å². The van der Waals surface area contributed by atoms with Crippen LogP contribution in [0.4, 0.5) is 0 Å². The molecule has 5 nitrogen and oxygen atoms in total. The molecule has 5 heteroatoms. The minimum absolute atomic E-state index is 0.0649. The van der Waals surface area contributed by atoms with Crippen LogP contribution >= 0.6 is 0 Å². The van der Waals surface area contributed by atoms with Crippen LogP contribution < -0.4 is 5.32 Å². The summed E-state index contributed by atoms with van der Waals surface area (Å²) in [5.74, 6) is 0.274. The number of nitrogens with one attached hydrogen (secondary N) is 1. The highest BCUT2D eigenvalue weighted by Crippen LogP contribution is 2.33. The molecule has 0 bridgehead atoms. The number of aliphatic hydroxyl groups excluding tert-OH is 1. The van der Waals surface area contributed by atoms with E-state index in [1.165, 1.54) is 0 Å². The van der Waals surface area contributed by atoms with E-state index in [9.17, 15) is 9.59 Å². The van der Waals surface area contributed by atoms with Gasteiger partial charge in [0.15, 0.2) is 0 Å². The maximum atomic E-state index is 12.0. The Morgan fingerprint density at radius 1 is 1.29 bits per heavy atom. The van der Waals surface area contributed by atoms with Crippen LogP contribution in [0.3, 0.4) is 0 Å². The third kappa shape index (κ3) is 2.97. The monoisotopic (exact) mass is 240 g/mol. The highest BCUT2D eigenvalue weighted by Gasteiger charge is 2.40. The number of nitrogens with zero attached hydrogens (tertiary/aromatic N) is 1. The van der Waals surface area contributed by atoms with Gasteiger partial charge in [0.2, 0.25) is 11.8 Å². The predicted molar refractivity (Wildman–Crippen MR) is 62.2 cm³/mol. The smallest absolute Gasteiger partial charge is 0.242 e. The summed E-state index contributed by atoms with van der Waals surface area (Å²) in [6, 6.07) is -0.276. The van der Waals surface area contributed by atoms with Crippen molar-refractivity contribution in [2.45, 2.75) is 38.1 Å². The molecule has 17 heavy (non-hydrogen) atoms. The van der Waals surface area contributed by atoms with Crippen LogP contribution in [0, 0.1) is 5.92 Å². The van der Waals surface area contributed by atoms with E-state index in [4.69, 9.17) is 5.11 Å². The first-order chi connectivity index (χ1) is 8.24. The molecule has 1 saturated carbocycles.